The SMILES string of the molecule is Cc1nccn1CC1CCN(C(=O)c2cc(-c3ccc(F)c(F)c3)on2)CC1. The Bertz CT molecular complexity index is 990. The van der Waals surface area contributed by atoms with Gasteiger partial charge in [0.15, 0.2) is 23.1 Å². The van der Waals surface area contributed by atoms with Crippen molar-refractivity contribution in [3.05, 3.63) is 59.8 Å². The largest absolute Gasteiger partial charge is 0.355 e. The molecule has 1 saturated heterocycles. The van der Waals surface area contributed by atoms with Gasteiger partial charge in [0.25, 0.3) is 5.91 Å². The van der Waals surface area contributed by atoms with Crippen molar-refractivity contribution in [1.82, 2.24) is 19.6 Å². The normalized spacial score (nSPS) is 15.2. The number of amides is 1. The zero-order valence-electron chi connectivity index (χ0n) is 15.4. The van der Waals surface area contributed by atoms with Gasteiger partial charge in [-0.1, -0.05) is 5.16 Å². The van der Waals surface area contributed by atoms with E-state index in [1.807, 2.05) is 13.1 Å². The van der Waals surface area contributed by atoms with Gasteiger partial charge in [-0.15, -0.1) is 0 Å². The van der Waals surface area contributed by atoms with Crippen LogP contribution < -0.4 is 0 Å². The molecule has 0 bridgehead atoms. The third-order valence-electron chi connectivity index (χ3n) is 5.21. The van der Waals surface area contributed by atoms with Crippen LogP contribution in [0.1, 0.15) is 29.2 Å². The van der Waals surface area contributed by atoms with E-state index in [-0.39, 0.29) is 17.4 Å². The van der Waals surface area contributed by atoms with Crippen LogP contribution in [0.5, 0.6) is 0 Å². The summed E-state index contributed by atoms with van der Waals surface area (Å²) in [6.45, 7) is 4.17. The minimum Gasteiger partial charge on any atom is -0.355 e. The van der Waals surface area contributed by atoms with Crippen molar-refractivity contribution < 1.29 is 18.1 Å². The summed E-state index contributed by atoms with van der Waals surface area (Å²) in [6.07, 6.45) is 5.57. The van der Waals surface area contributed by atoms with Crippen molar-refractivity contribution in [3.8, 4) is 11.3 Å². The summed E-state index contributed by atoms with van der Waals surface area (Å²) in [7, 11) is 0. The zero-order valence-corrected chi connectivity index (χ0v) is 15.4. The van der Waals surface area contributed by atoms with Gasteiger partial charge in [0.1, 0.15) is 5.82 Å². The summed E-state index contributed by atoms with van der Waals surface area (Å²) in [5.41, 5.74) is 0.503. The molecule has 28 heavy (non-hydrogen) atoms. The predicted molar refractivity (Wildman–Crippen MR) is 97.4 cm³/mol. The number of carbonyl (C=O) groups excluding carboxylic acids is 1. The second-order valence-corrected chi connectivity index (χ2v) is 7.07. The van der Waals surface area contributed by atoms with Crippen molar-refractivity contribution in [1.29, 1.82) is 0 Å². The lowest BCUT2D eigenvalue weighted by molar-refractivity contribution is 0.0672. The van der Waals surface area contributed by atoms with Crippen LogP contribution in [0.2, 0.25) is 0 Å². The maximum absolute atomic E-state index is 13.4. The van der Waals surface area contributed by atoms with Crippen LogP contribution in [0.15, 0.2) is 41.2 Å². The first-order chi connectivity index (χ1) is 13.5. The number of nitrogens with zero attached hydrogens (tertiary/aromatic N) is 4. The maximum atomic E-state index is 13.4. The number of benzene rings is 1. The molecule has 1 fully saturated rings. The van der Waals surface area contributed by atoms with Gasteiger partial charge in [-0.05, 0) is 43.9 Å². The summed E-state index contributed by atoms with van der Waals surface area (Å²) >= 11 is 0. The molecule has 6 nitrogen and oxygen atoms in total. The Morgan fingerprint density at radius 3 is 2.68 bits per heavy atom. The first-order valence-electron chi connectivity index (χ1n) is 9.20. The van der Waals surface area contributed by atoms with Gasteiger partial charge in [-0.25, -0.2) is 13.8 Å². The van der Waals surface area contributed by atoms with Gasteiger partial charge >= 0.3 is 0 Å². The molecule has 146 valence electrons. The summed E-state index contributed by atoms with van der Waals surface area (Å²) in [4.78, 5) is 18.7. The number of piperidine rings is 1. The van der Waals surface area contributed by atoms with E-state index in [1.54, 1.807) is 11.1 Å². The molecular weight excluding hydrogens is 366 g/mol. The number of halogens is 2. The lowest BCUT2D eigenvalue weighted by Crippen LogP contribution is -2.39. The van der Waals surface area contributed by atoms with Crippen LogP contribution in [0.25, 0.3) is 11.3 Å². The number of hydrogen-bond acceptors (Lipinski definition) is 4. The van der Waals surface area contributed by atoms with E-state index >= 15 is 0 Å². The summed E-state index contributed by atoms with van der Waals surface area (Å²) in [5.74, 6) is -0.411. The summed E-state index contributed by atoms with van der Waals surface area (Å²) < 4.78 is 33.8. The lowest BCUT2D eigenvalue weighted by Gasteiger charge is -2.31. The van der Waals surface area contributed by atoms with E-state index in [0.717, 1.165) is 37.3 Å². The molecule has 2 aromatic heterocycles. The Morgan fingerprint density at radius 2 is 2.00 bits per heavy atom. The van der Waals surface area contributed by atoms with E-state index in [1.165, 1.54) is 12.1 Å². The Morgan fingerprint density at radius 1 is 1.21 bits per heavy atom. The van der Waals surface area contributed by atoms with Crippen LogP contribution in [0.3, 0.4) is 0 Å². The fraction of sp³-hybridized carbons (Fsp3) is 0.350. The van der Waals surface area contributed by atoms with Crippen LogP contribution in [0.4, 0.5) is 8.78 Å². The molecule has 0 saturated carbocycles. The maximum Gasteiger partial charge on any atom is 0.276 e. The molecule has 1 amide bonds. The third kappa shape index (κ3) is 3.67. The topological polar surface area (TPSA) is 64.2 Å². The average Bonchev–Trinajstić information content (AvgIpc) is 3.34. The van der Waals surface area contributed by atoms with Gasteiger partial charge in [0.2, 0.25) is 0 Å². The highest BCUT2D eigenvalue weighted by molar-refractivity contribution is 5.93. The van der Waals surface area contributed by atoms with Crippen molar-refractivity contribution in [2.45, 2.75) is 26.3 Å². The Labute approximate surface area is 160 Å². The summed E-state index contributed by atoms with van der Waals surface area (Å²) in [6, 6.07) is 4.89. The smallest absolute Gasteiger partial charge is 0.276 e. The fourth-order valence-corrected chi connectivity index (χ4v) is 3.52. The van der Waals surface area contributed by atoms with Gasteiger partial charge < -0.3 is 14.0 Å². The number of hydrogen-bond donors (Lipinski definition) is 0. The first-order valence-corrected chi connectivity index (χ1v) is 9.20. The van der Waals surface area contributed by atoms with Crippen LogP contribution in [-0.4, -0.2) is 38.6 Å². The monoisotopic (exact) mass is 386 g/mol. The van der Waals surface area contributed by atoms with Crippen molar-refractivity contribution in [2.75, 3.05) is 13.1 Å². The molecular formula is C20H20F2N4O2. The molecule has 1 aliphatic heterocycles. The van der Waals surface area contributed by atoms with Gasteiger partial charge in [-0.2, -0.15) is 0 Å². The molecule has 0 radical (unpaired) electrons. The van der Waals surface area contributed by atoms with Crippen LogP contribution >= 0.6 is 0 Å². The van der Waals surface area contributed by atoms with E-state index in [4.69, 9.17) is 4.52 Å². The van der Waals surface area contributed by atoms with Crippen LogP contribution in [-0.2, 0) is 6.54 Å². The van der Waals surface area contributed by atoms with Gasteiger partial charge in [0, 0.05) is 43.7 Å². The molecule has 8 heteroatoms. The molecule has 1 aromatic carbocycles. The highest BCUT2D eigenvalue weighted by Crippen LogP contribution is 2.25. The summed E-state index contributed by atoms with van der Waals surface area (Å²) in [5, 5.41) is 3.82. The van der Waals surface area contributed by atoms with Crippen molar-refractivity contribution >= 4 is 5.91 Å². The second kappa shape index (κ2) is 7.53. The number of carbonyl (C=O) groups is 1. The Kier molecular flexibility index (Phi) is 4.93. The highest BCUT2D eigenvalue weighted by atomic mass is 19.2. The average molecular weight is 386 g/mol. The predicted octanol–water partition coefficient (Wildman–Crippen LogP) is 3.68. The molecule has 0 spiro atoms. The van der Waals surface area contributed by atoms with E-state index in [9.17, 15) is 13.6 Å². The van der Waals surface area contributed by atoms with E-state index in [0.29, 0.717) is 24.6 Å². The molecule has 0 unspecified atom stereocenters. The fourth-order valence-electron chi connectivity index (χ4n) is 3.52. The van der Waals surface area contributed by atoms with Gasteiger partial charge in [-0.3, -0.25) is 4.79 Å². The molecule has 3 heterocycles. The number of aryl methyl sites for hydroxylation is 1. The number of aromatic nitrogens is 3. The van der Waals surface area contributed by atoms with Crippen LogP contribution in [0, 0.1) is 24.5 Å². The van der Waals surface area contributed by atoms with E-state index < -0.39 is 11.6 Å². The lowest BCUT2D eigenvalue weighted by atomic mass is 9.96. The molecule has 0 aliphatic carbocycles. The quantitative estimate of drug-likeness (QED) is 0.686. The first kappa shape index (κ1) is 18.3. The van der Waals surface area contributed by atoms with Gasteiger partial charge in [0.05, 0.1) is 0 Å². The highest BCUT2D eigenvalue weighted by Gasteiger charge is 2.26. The number of likely N-dealkylation sites (tertiary alicyclic amines) is 1. The number of rotatable bonds is 4. The molecule has 0 N–H and O–H groups in total. The minimum atomic E-state index is -0.975. The number of imidazole rings is 1. The van der Waals surface area contributed by atoms with Crippen molar-refractivity contribution in [3.63, 3.8) is 0 Å². The molecule has 3 aromatic rings. The standard InChI is InChI=1S/C20H20F2N4O2/c1-13-23-6-9-26(13)12-14-4-7-25(8-5-14)20(27)18-11-19(28-24-18)15-2-3-16(21)17(22)10-15/h2-3,6,9-11,14H,4-5,7-8,12H2,1H3. The second-order valence-electron chi connectivity index (χ2n) is 7.07. The molecule has 1 aliphatic rings. The van der Waals surface area contributed by atoms with Crippen molar-refractivity contribution in [2.24, 2.45) is 5.92 Å². The third-order valence-corrected chi connectivity index (χ3v) is 5.21. The Balaban J connectivity index is 1.38. The minimum absolute atomic E-state index is 0.170. The van der Waals surface area contributed by atoms with E-state index in [2.05, 4.69) is 14.7 Å². The Hall–Kier alpha value is -3.03. The zero-order chi connectivity index (χ0) is 19.7. The molecule has 4 rings (SSSR count). The molecule has 0 atom stereocenters.